The average molecular weight is 534 g/mol. The molecule has 1 aromatic carbocycles. The van der Waals surface area contributed by atoms with Crippen molar-refractivity contribution in [2.24, 2.45) is 5.92 Å². The zero-order valence-corrected chi connectivity index (χ0v) is 21.2. The van der Waals surface area contributed by atoms with Gasteiger partial charge in [0.25, 0.3) is 0 Å². The molecule has 1 aliphatic heterocycles. The molecule has 0 unspecified atom stereocenters. The molecule has 0 saturated carbocycles. The lowest BCUT2D eigenvalue weighted by Crippen LogP contribution is -2.41. The van der Waals surface area contributed by atoms with Gasteiger partial charge in [0.1, 0.15) is 5.01 Å². The summed E-state index contributed by atoms with van der Waals surface area (Å²) < 4.78 is 20.7. The number of benzene rings is 1. The van der Waals surface area contributed by atoms with Crippen LogP contribution in [0.1, 0.15) is 31.7 Å². The molecule has 2 amide bonds. The van der Waals surface area contributed by atoms with Crippen molar-refractivity contribution in [2.75, 3.05) is 25.1 Å². The number of nitrogens with zero attached hydrogens (tertiary/aromatic N) is 3. The number of amides is 2. The Labute approximate surface area is 216 Å². The highest BCUT2D eigenvalue weighted by molar-refractivity contribution is 7.15. The number of thiazole rings is 1. The largest absolute Gasteiger partial charge is 0.465 e. The minimum absolute atomic E-state index is 0.0237. The molecular formula is C24H25ClFN5O4S. The number of nitrogens with one attached hydrogen (secondary N) is 2. The van der Waals surface area contributed by atoms with Crippen molar-refractivity contribution in [1.29, 1.82) is 0 Å². The van der Waals surface area contributed by atoms with E-state index in [-0.39, 0.29) is 28.4 Å². The average Bonchev–Trinajstić information content (AvgIpc) is 3.30. The molecule has 1 fully saturated rings. The van der Waals surface area contributed by atoms with Gasteiger partial charge < -0.3 is 15.2 Å². The van der Waals surface area contributed by atoms with Crippen LogP contribution in [0.3, 0.4) is 0 Å². The summed E-state index contributed by atoms with van der Waals surface area (Å²) in [5.74, 6) is -0.869. The van der Waals surface area contributed by atoms with E-state index in [4.69, 9.17) is 26.4 Å². The maximum Gasteiger partial charge on any atom is 0.409 e. The summed E-state index contributed by atoms with van der Waals surface area (Å²) in [6, 6.07) is 6.03. The second-order valence-corrected chi connectivity index (χ2v) is 10.3. The zero-order valence-electron chi connectivity index (χ0n) is 19.7. The van der Waals surface area contributed by atoms with Gasteiger partial charge in [0, 0.05) is 42.9 Å². The van der Waals surface area contributed by atoms with Crippen LogP contribution >= 0.6 is 22.9 Å². The van der Waals surface area contributed by atoms with Crippen LogP contribution in [0.25, 0.3) is 21.8 Å². The predicted octanol–water partition coefficient (Wildman–Crippen LogP) is 4.97. The second kappa shape index (κ2) is 10.9. The van der Waals surface area contributed by atoms with E-state index < -0.39 is 17.3 Å². The summed E-state index contributed by atoms with van der Waals surface area (Å²) in [7, 11) is 0. The highest BCUT2D eigenvalue weighted by atomic mass is 35.5. The predicted molar refractivity (Wildman–Crippen MR) is 135 cm³/mol. The molecule has 3 heterocycles. The lowest BCUT2D eigenvalue weighted by atomic mass is 9.93. The molecule has 0 radical (unpaired) electrons. The van der Waals surface area contributed by atoms with Gasteiger partial charge >= 0.3 is 6.09 Å². The first-order valence-corrected chi connectivity index (χ1v) is 12.5. The topological polar surface area (TPSA) is 126 Å². The van der Waals surface area contributed by atoms with Crippen molar-refractivity contribution in [3.05, 3.63) is 46.6 Å². The Morgan fingerprint density at radius 1 is 1.25 bits per heavy atom. The van der Waals surface area contributed by atoms with Gasteiger partial charge in [-0.05, 0) is 42.6 Å². The highest BCUT2D eigenvalue weighted by Crippen LogP contribution is 2.42. The van der Waals surface area contributed by atoms with E-state index in [1.54, 1.807) is 12.1 Å². The molecule has 0 aliphatic carbocycles. The van der Waals surface area contributed by atoms with Gasteiger partial charge in [-0.2, -0.15) is 0 Å². The third-order valence-corrected chi connectivity index (χ3v) is 7.48. The Balaban J connectivity index is 1.71. The maximum atomic E-state index is 15.4. The molecule has 0 bridgehead atoms. The number of ether oxygens (including phenoxy) is 1. The third-order valence-electron chi connectivity index (χ3n) is 5.86. The summed E-state index contributed by atoms with van der Waals surface area (Å²) in [6.07, 6.45) is 1.49. The Bertz CT molecular complexity index is 1280. The fraction of sp³-hybridized carbons (Fsp3) is 0.375. The summed E-state index contributed by atoms with van der Waals surface area (Å²) >= 11 is 7.32. The molecule has 0 spiro atoms. The van der Waals surface area contributed by atoms with Crippen LogP contribution in [0.2, 0.25) is 5.28 Å². The van der Waals surface area contributed by atoms with Gasteiger partial charge in [-0.25, -0.2) is 24.1 Å². The van der Waals surface area contributed by atoms with E-state index in [2.05, 4.69) is 20.6 Å². The van der Waals surface area contributed by atoms with Crippen molar-refractivity contribution in [3.8, 4) is 21.8 Å². The smallest absolute Gasteiger partial charge is 0.409 e. The molecule has 3 aromatic rings. The van der Waals surface area contributed by atoms with Crippen molar-refractivity contribution >= 4 is 40.6 Å². The van der Waals surface area contributed by atoms with Gasteiger partial charge in [-0.1, -0.05) is 19.9 Å². The van der Waals surface area contributed by atoms with Crippen molar-refractivity contribution in [2.45, 2.75) is 32.1 Å². The fourth-order valence-corrected chi connectivity index (χ4v) is 5.14. The monoisotopic (exact) mass is 533 g/mol. The first kappa shape index (κ1) is 25.9. The number of anilines is 1. The first-order chi connectivity index (χ1) is 17.2. The van der Waals surface area contributed by atoms with Gasteiger partial charge in [-0.3, -0.25) is 10.1 Å². The van der Waals surface area contributed by atoms with Crippen LogP contribution in [0.4, 0.5) is 14.9 Å². The van der Waals surface area contributed by atoms with Crippen molar-refractivity contribution in [3.63, 3.8) is 0 Å². The molecule has 190 valence electrons. The van der Waals surface area contributed by atoms with Crippen LogP contribution in [-0.2, 0) is 14.9 Å². The van der Waals surface area contributed by atoms with E-state index in [1.165, 1.54) is 29.7 Å². The number of carbonyl (C=O) groups is 2. The van der Waals surface area contributed by atoms with Crippen LogP contribution < -0.4 is 10.6 Å². The molecule has 9 nitrogen and oxygen atoms in total. The lowest BCUT2D eigenvalue weighted by molar-refractivity contribution is -0.128. The Morgan fingerprint density at radius 3 is 2.69 bits per heavy atom. The Kier molecular flexibility index (Phi) is 7.82. The molecule has 1 saturated heterocycles. The van der Waals surface area contributed by atoms with Gasteiger partial charge in [0.2, 0.25) is 11.2 Å². The van der Waals surface area contributed by atoms with E-state index in [9.17, 15) is 9.59 Å². The minimum Gasteiger partial charge on any atom is -0.465 e. The summed E-state index contributed by atoms with van der Waals surface area (Å²) in [4.78, 5) is 37.3. The van der Waals surface area contributed by atoms with Gasteiger partial charge in [0.05, 0.1) is 22.0 Å². The number of carbonyl (C=O) groups excluding carboxylic acids is 1. The van der Waals surface area contributed by atoms with E-state index in [0.717, 1.165) is 0 Å². The van der Waals surface area contributed by atoms with Crippen LogP contribution in [0.15, 0.2) is 30.5 Å². The molecule has 4 rings (SSSR count). The number of hydrogen-bond acceptors (Lipinski definition) is 7. The molecule has 2 aromatic heterocycles. The quantitative estimate of drug-likeness (QED) is 0.366. The first-order valence-electron chi connectivity index (χ1n) is 11.3. The van der Waals surface area contributed by atoms with E-state index in [1.807, 2.05) is 13.8 Å². The maximum absolute atomic E-state index is 15.4. The summed E-state index contributed by atoms with van der Waals surface area (Å²) in [5, 5.41) is 14.8. The summed E-state index contributed by atoms with van der Waals surface area (Å²) in [5.41, 5.74) is 0.0644. The fourth-order valence-electron chi connectivity index (χ4n) is 3.84. The van der Waals surface area contributed by atoms with Crippen molar-refractivity contribution < 1.29 is 23.8 Å². The number of rotatable bonds is 7. The van der Waals surface area contributed by atoms with E-state index in [0.29, 0.717) is 53.9 Å². The van der Waals surface area contributed by atoms with Gasteiger partial charge in [-0.15, -0.1) is 11.3 Å². The second-order valence-electron chi connectivity index (χ2n) is 8.99. The van der Waals surface area contributed by atoms with Gasteiger partial charge in [0.15, 0.2) is 5.82 Å². The van der Waals surface area contributed by atoms with E-state index >= 15 is 4.39 Å². The number of hydrogen-bond donors (Lipinski definition) is 3. The normalized spacial score (nSPS) is 14.4. The number of halogens is 2. The minimum atomic E-state index is -1.38. The standard InChI is InChI=1S/C24H25ClFN5O4S/c1-24(2,12-28-20(32)13-7-10-35-11-8-13)21-31-18(19(36-21)16-6-9-27-22(25)29-16)14-4-3-5-15(17(14)26)30-23(33)34/h3-6,9,13,30H,7-8,10-12H2,1-2H3,(H,28,32)(H,33,34). The molecular weight excluding hydrogens is 509 g/mol. The summed E-state index contributed by atoms with van der Waals surface area (Å²) in [6.45, 7) is 5.35. The molecule has 12 heteroatoms. The SMILES string of the molecule is CC(C)(CNC(=O)C1CCOCC1)c1nc(-c2cccc(NC(=O)O)c2F)c(-c2ccnc(Cl)n2)s1. The number of carboxylic acid groups (broad SMARTS) is 1. The van der Waals surface area contributed by atoms with Crippen LogP contribution in [0, 0.1) is 11.7 Å². The molecule has 3 N–H and O–H groups in total. The van der Waals surface area contributed by atoms with Crippen molar-refractivity contribution in [1.82, 2.24) is 20.3 Å². The Morgan fingerprint density at radius 2 is 2.00 bits per heavy atom. The highest BCUT2D eigenvalue weighted by Gasteiger charge is 2.31. The number of aromatic nitrogens is 3. The molecule has 1 aliphatic rings. The molecule has 0 atom stereocenters. The lowest BCUT2D eigenvalue weighted by Gasteiger charge is -2.26. The van der Waals surface area contributed by atoms with Crippen LogP contribution in [0.5, 0.6) is 0 Å². The van der Waals surface area contributed by atoms with Crippen LogP contribution in [-0.4, -0.2) is 51.8 Å². The molecule has 36 heavy (non-hydrogen) atoms. The Hall–Kier alpha value is -3.15. The zero-order chi connectivity index (χ0) is 25.9. The third kappa shape index (κ3) is 5.80.